The number of nitrogens with one attached hydrogen (secondary N) is 1. The van der Waals surface area contributed by atoms with E-state index in [9.17, 15) is 4.79 Å². The number of amides is 1. The largest absolute Gasteiger partial charge is 0.353 e. The van der Waals surface area contributed by atoms with Gasteiger partial charge in [-0.2, -0.15) is 0 Å². The van der Waals surface area contributed by atoms with Crippen LogP contribution in [0.1, 0.15) is 45.4 Å². The van der Waals surface area contributed by atoms with E-state index in [2.05, 4.69) is 28.2 Å². The number of carbonyl (C=O) groups is 1. The molecule has 0 aliphatic heterocycles. The van der Waals surface area contributed by atoms with Gasteiger partial charge in [-0.25, -0.2) is 0 Å². The minimum absolute atomic E-state index is 0.0126. The molecule has 2 unspecified atom stereocenters. The Morgan fingerprint density at radius 3 is 2.80 bits per heavy atom. The molecule has 3 heteroatoms. The lowest BCUT2D eigenvalue weighted by Gasteiger charge is -2.29. The smallest absolute Gasteiger partial charge is 0.226 e. The highest BCUT2D eigenvalue weighted by atomic mass is 79.9. The normalized spacial score (nSPS) is 33.5. The van der Waals surface area contributed by atoms with E-state index in [1.807, 2.05) is 0 Å². The molecule has 0 heterocycles. The third-order valence-corrected chi connectivity index (χ3v) is 4.80. The molecule has 2 aliphatic rings. The van der Waals surface area contributed by atoms with Crippen LogP contribution in [0.4, 0.5) is 0 Å². The fourth-order valence-corrected chi connectivity index (χ4v) is 2.92. The van der Waals surface area contributed by atoms with Gasteiger partial charge < -0.3 is 5.32 Å². The summed E-state index contributed by atoms with van der Waals surface area (Å²) in [4.78, 5) is 11.9. The summed E-state index contributed by atoms with van der Waals surface area (Å²) >= 11 is 3.54. The fraction of sp³-hybridized carbons (Fsp3) is 0.917. The molecule has 86 valence electrons. The first-order valence-electron chi connectivity index (χ1n) is 6.01. The van der Waals surface area contributed by atoms with Crippen molar-refractivity contribution in [3.63, 3.8) is 0 Å². The topological polar surface area (TPSA) is 29.1 Å². The molecule has 0 aromatic rings. The number of hydrogen-bond donors (Lipinski definition) is 1. The van der Waals surface area contributed by atoms with Crippen molar-refractivity contribution < 1.29 is 4.79 Å². The maximum Gasteiger partial charge on any atom is 0.226 e. The van der Waals surface area contributed by atoms with Crippen molar-refractivity contribution in [2.45, 2.75) is 51.5 Å². The quantitative estimate of drug-likeness (QED) is 0.788. The third-order valence-electron chi connectivity index (χ3n) is 3.88. The van der Waals surface area contributed by atoms with E-state index < -0.39 is 0 Å². The molecule has 1 N–H and O–H groups in total. The monoisotopic (exact) mass is 273 g/mol. The van der Waals surface area contributed by atoms with Gasteiger partial charge in [-0.1, -0.05) is 29.3 Å². The van der Waals surface area contributed by atoms with Gasteiger partial charge in [-0.3, -0.25) is 4.79 Å². The van der Waals surface area contributed by atoms with Crippen LogP contribution in [0.25, 0.3) is 0 Å². The second-order valence-electron chi connectivity index (χ2n) is 5.42. The van der Waals surface area contributed by atoms with Gasteiger partial charge in [0.1, 0.15) is 0 Å². The van der Waals surface area contributed by atoms with Gasteiger partial charge in [0.25, 0.3) is 0 Å². The van der Waals surface area contributed by atoms with Crippen LogP contribution in [0.15, 0.2) is 0 Å². The lowest BCUT2D eigenvalue weighted by atomic mass is 9.86. The van der Waals surface area contributed by atoms with Crippen LogP contribution in [-0.2, 0) is 4.79 Å². The van der Waals surface area contributed by atoms with Crippen LogP contribution in [0, 0.1) is 11.3 Å². The SMILES string of the molecule is CC1(C(=O)NC2CCCC(CBr)C2)CC1. The van der Waals surface area contributed by atoms with Crippen molar-refractivity contribution in [1.82, 2.24) is 5.32 Å². The van der Waals surface area contributed by atoms with Crippen molar-refractivity contribution in [2.75, 3.05) is 5.33 Å². The van der Waals surface area contributed by atoms with E-state index in [4.69, 9.17) is 0 Å². The average molecular weight is 274 g/mol. The third kappa shape index (κ3) is 2.74. The molecule has 15 heavy (non-hydrogen) atoms. The first kappa shape index (κ1) is 11.4. The molecule has 2 saturated carbocycles. The Morgan fingerprint density at radius 2 is 2.20 bits per heavy atom. The Hall–Kier alpha value is -0.0500. The van der Waals surface area contributed by atoms with Crippen LogP contribution < -0.4 is 5.32 Å². The minimum Gasteiger partial charge on any atom is -0.353 e. The molecule has 0 saturated heterocycles. The van der Waals surface area contributed by atoms with E-state index in [0.29, 0.717) is 11.9 Å². The maximum atomic E-state index is 11.9. The first-order valence-corrected chi connectivity index (χ1v) is 7.13. The number of alkyl halides is 1. The maximum absolute atomic E-state index is 11.9. The molecule has 0 bridgehead atoms. The molecule has 0 aromatic carbocycles. The molecule has 2 atom stereocenters. The highest BCUT2D eigenvalue weighted by Crippen LogP contribution is 2.45. The predicted octanol–water partition coefficient (Wildman–Crippen LogP) is 2.86. The minimum atomic E-state index is -0.0126. The Bertz CT molecular complexity index is 250. The van der Waals surface area contributed by atoms with Gasteiger partial charge in [-0.05, 0) is 38.0 Å². The van der Waals surface area contributed by atoms with Crippen LogP contribution in [0.3, 0.4) is 0 Å². The molecule has 0 radical (unpaired) electrons. The molecule has 1 amide bonds. The van der Waals surface area contributed by atoms with Crippen molar-refractivity contribution in [1.29, 1.82) is 0 Å². The summed E-state index contributed by atoms with van der Waals surface area (Å²) in [5.74, 6) is 1.05. The number of carbonyl (C=O) groups excluding carboxylic acids is 1. The predicted molar refractivity (Wildman–Crippen MR) is 65.0 cm³/mol. The van der Waals surface area contributed by atoms with Crippen molar-refractivity contribution >= 4 is 21.8 Å². The van der Waals surface area contributed by atoms with Crippen LogP contribution in [0.2, 0.25) is 0 Å². The average Bonchev–Trinajstić information content (AvgIpc) is 2.98. The zero-order valence-corrected chi connectivity index (χ0v) is 11.0. The molecule has 2 nitrogen and oxygen atoms in total. The standard InChI is InChI=1S/C12H20BrNO/c1-12(5-6-12)11(15)14-10-4-2-3-9(7-10)8-13/h9-10H,2-8H2,1H3,(H,14,15). The molecule has 2 rings (SSSR count). The molecule has 2 aliphatic carbocycles. The van der Waals surface area contributed by atoms with E-state index in [1.165, 1.54) is 19.3 Å². The fourth-order valence-electron chi connectivity index (χ4n) is 2.34. The Labute approximate surface area is 100 Å². The summed E-state index contributed by atoms with van der Waals surface area (Å²) in [7, 11) is 0. The highest BCUT2D eigenvalue weighted by Gasteiger charge is 2.45. The van der Waals surface area contributed by atoms with E-state index in [0.717, 1.165) is 30.5 Å². The molecule has 0 aromatic heterocycles. The first-order chi connectivity index (χ1) is 7.14. The lowest BCUT2D eigenvalue weighted by Crippen LogP contribution is -2.41. The van der Waals surface area contributed by atoms with Crippen LogP contribution in [-0.4, -0.2) is 17.3 Å². The lowest BCUT2D eigenvalue weighted by molar-refractivity contribution is -0.126. The molecule has 2 fully saturated rings. The summed E-state index contributed by atoms with van der Waals surface area (Å²) in [6, 6.07) is 0.436. The van der Waals surface area contributed by atoms with Gasteiger partial charge in [-0.15, -0.1) is 0 Å². The molecular formula is C12H20BrNO. The second kappa shape index (κ2) is 4.44. The molecule has 0 spiro atoms. The van der Waals surface area contributed by atoms with Gasteiger partial charge >= 0.3 is 0 Å². The second-order valence-corrected chi connectivity index (χ2v) is 6.07. The number of hydrogen-bond acceptors (Lipinski definition) is 1. The summed E-state index contributed by atoms with van der Waals surface area (Å²) in [5, 5.41) is 4.31. The number of halogens is 1. The molecular weight excluding hydrogens is 254 g/mol. The van der Waals surface area contributed by atoms with Gasteiger partial charge in [0.15, 0.2) is 0 Å². The van der Waals surface area contributed by atoms with E-state index >= 15 is 0 Å². The summed E-state index contributed by atoms with van der Waals surface area (Å²) in [6.07, 6.45) is 7.06. The van der Waals surface area contributed by atoms with Crippen LogP contribution in [0.5, 0.6) is 0 Å². The number of rotatable bonds is 3. The van der Waals surface area contributed by atoms with Gasteiger partial charge in [0.05, 0.1) is 0 Å². The Kier molecular flexibility index (Phi) is 3.39. The van der Waals surface area contributed by atoms with E-state index in [1.54, 1.807) is 0 Å². The van der Waals surface area contributed by atoms with Crippen molar-refractivity contribution in [3.05, 3.63) is 0 Å². The zero-order chi connectivity index (χ0) is 10.9. The Balaban J connectivity index is 1.81. The van der Waals surface area contributed by atoms with E-state index in [-0.39, 0.29) is 5.41 Å². The summed E-state index contributed by atoms with van der Waals surface area (Å²) < 4.78 is 0. The van der Waals surface area contributed by atoms with Crippen LogP contribution >= 0.6 is 15.9 Å². The van der Waals surface area contributed by atoms with Gasteiger partial charge in [0, 0.05) is 16.8 Å². The van der Waals surface area contributed by atoms with Crippen molar-refractivity contribution in [3.8, 4) is 0 Å². The Morgan fingerprint density at radius 1 is 1.47 bits per heavy atom. The van der Waals surface area contributed by atoms with Crippen molar-refractivity contribution in [2.24, 2.45) is 11.3 Å². The zero-order valence-electron chi connectivity index (χ0n) is 9.39. The summed E-state index contributed by atoms with van der Waals surface area (Å²) in [6.45, 7) is 2.08. The highest BCUT2D eigenvalue weighted by molar-refractivity contribution is 9.09. The van der Waals surface area contributed by atoms with Gasteiger partial charge in [0.2, 0.25) is 5.91 Å². The summed E-state index contributed by atoms with van der Waals surface area (Å²) in [5.41, 5.74) is -0.0126.